The minimum atomic E-state index is -0.542. The molecule has 0 spiro atoms. The van der Waals surface area contributed by atoms with Crippen LogP contribution >= 0.6 is 0 Å². The summed E-state index contributed by atoms with van der Waals surface area (Å²) in [4.78, 5) is 23.2. The molecule has 1 aliphatic heterocycles. The Bertz CT molecular complexity index is 802. The van der Waals surface area contributed by atoms with E-state index in [0.29, 0.717) is 17.9 Å². The van der Waals surface area contributed by atoms with Crippen molar-refractivity contribution in [1.82, 2.24) is 5.32 Å². The molecule has 1 heterocycles. The van der Waals surface area contributed by atoms with E-state index in [9.17, 15) is 9.59 Å². The molecule has 1 fully saturated rings. The summed E-state index contributed by atoms with van der Waals surface area (Å²) in [6.07, 6.45) is 2.01. The van der Waals surface area contributed by atoms with Crippen LogP contribution in [-0.4, -0.2) is 31.6 Å². The third kappa shape index (κ3) is 5.33. The molecule has 3 N–H and O–H groups in total. The first-order chi connectivity index (χ1) is 13.5. The highest BCUT2D eigenvalue weighted by Crippen LogP contribution is 2.33. The average molecular weight is 382 g/mol. The molecule has 6 nitrogen and oxygen atoms in total. The zero-order valence-corrected chi connectivity index (χ0v) is 16.0. The van der Waals surface area contributed by atoms with Gasteiger partial charge in [0.15, 0.2) is 6.61 Å². The molecule has 2 atom stereocenters. The lowest BCUT2D eigenvalue weighted by atomic mass is 9.89. The maximum absolute atomic E-state index is 12.5. The molecule has 0 bridgehead atoms. The molecule has 2 unspecified atom stereocenters. The van der Waals surface area contributed by atoms with E-state index in [1.165, 1.54) is 5.56 Å². The molecular weight excluding hydrogens is 356 g/mol. The number of benzene rings is 2. The fraction of sp³-hybridized carbons (Fsp3) is 0.364. The van der Waals surface area contributed by atoms with Gasteiger partial charge in [0.2, 0.25) is 0 Å². The molecule has 2 aromatic carbocycles. The molecule has 3 rings (SSSR count). The van der Waals surface area contributed by atoms with Crippen molar-refractivity contribution < 1.29 is 19.1 Å². The van der Waals surface area contributed by atoms with Gasteiger partial charge in [0.25, 0.3) is 11.8 Å². The summed E-state index contributed by atoms with van der Waals surface area (Å²) in [7, 11) is 0. The molecule has 0 aromatic heterocycles. The summed E-state index contributed by atoms with van der Waals surface area (Å²) in [5.41, 5.74) is 7.96. The van der Waals surface area contributed by atoms with Crippen LogP contribution in [0.5, 0.6) is 5.75 Å². The van der Waals surface area contributed by atoms with Crippen molar-refractivity contribution in [3.8, 4) is 5.75 Å². The van der Waals surface area contributed by atoms with E-state index >= 15 is 0 Å². The number of nitrogens with one attached hydrogen (secondary N) is 1. The van der Waals surface area contributed by atoms with Gasteiger partial charge in [0.1, 0.15) is 5.75 Å². The predicted octanol–water partition coefficient (Wildman–Crippen LogP) is 2.76. The lowest BCUT2D eigenvalue weighted by Crippen LogP contribution is -2.35. The molecule has 0 aliphatic carbocycles. The normalized spacial score (nSPS) is 19.0. The van der Waals surface area contributed by atoms with E-state index in [1.54, 1.807) is 24.3 Å². The number of hydrogen-bond donors (Lipinski definition) is 2. The molecule has 6 heteroatoms. The van der Waals surface area contributed by atoms with Crippen LogP contribution in [-0.2, 0) is 9.53 Å². The van der Waals surface area contributed by atoms with Crippen LogP contribution in [0.2, 0.25) is 0 Å². The molecule has 1 aliphatic rings. The van der Waals surface area contributed by atoms with Crippen LogP contribution in [0.25, 0.3) is 0 Å². The molecule has 2 amide bonds. The van der Waals surface area contributed by atoms with Crippen molar-refractivity contribution in [2.45, 2.75) is 25.9 Å². The first-order valence-corrected chi connectivity index (χ1v) is 9.50. The van der Waals surface area contributed by atoms with Gasteiger partial charge in [-0.25, -0.2) is 0 Å². The molecule has 148 valence electrons. The summed E-state index contributed by atoms with van der Waals surface area (Å²) in [5.74, 6) is 0.0448. The van der Waals surface area contributed by atoms with Crippen LogP contribution in [0, 0.1) is 12.8 Å². The quantitative estimate of drug-likeness (QED) is 0.770. The maximum Gasteiger partial charge on any atom is 0.255 e. The van der Waals surface area contributed by atoms with Crippen molar-refractivity contribution >= 4 is 11.8 Å². The average Bonchev–Trinajstić information content (AvgIpc) is 2.72. The van der Waals surface area contributed by atoms with Crippen LogP contribution in [0.1, 0.15) is 40.4 Å². The van der Waals surface area contributed by atoms with Crippen LogP contribution in [0.3, 0.4) is 0 Å². The Morgan fingerprint density at radius 2 is 1.86 bits per heavy atom. The van der Waals surface area contributed by atoms with Gasteiger partial charge in [-0.05, 0) is 49.6 Å². The number of rotatable bonds is 7. The van der Waals surface area contributed by atoms with Gasteiger partial charge in [-0.15, -0.1) is 0 Å². The molecule has 0 saturated carbocycles. The summed E-state index contributed by atoms with van der Waals surface area (Å²) in [6.45, 7) is 3.17. The maximum atomic E-state index is 12.5. The van der Waals surface area contributed by atoms with Crippen molar-refractivity contribution in [2.75, 3.05) is 19.8 Å². The lowest BCUT2D eigenvalue weighted by molar-refractivity contribution is -0.119. The summed E-state index contributed by atoms with van der Waals surface area (Å²) in [5, 5.41) is 3.02. The highest BCUT2D eigenvalue weighted by atomic mass is 16.5. The van der Waals surface area contributed by atoms with E-state index in [0.717, 1.165) is 25.0 Å². The predicted molar refractivity (Wildman–Crippen MR) is 106 cm³/mol. The fourth-order valence-electron chi connectivity index (χ4n) is 3.36. The second-order valence-electron chi connectivity index (χ2n) is 7.09. The number of carbonyl (C=O) groups is 2. The number of amides is 2. The van der Waals surface area contributed by atoms with Crippen molar-refractivity contribution in [2.24, 2.45) is 11.7 Å². The van der Waals surface area contributed by atoms with Gasteiger partial charge in [-0.3, -0.25) is 9.59 Å². The van der Waals surface area contributed by atoms with Gasteiger partial charge in [-0.2, -0.15) is 0 Å². The van der Waals surface area contributed by atoms with E-state index in [1.807, 2.05) is 0 Å². The van der Waals surface area contributed by atoms with Crippen LogP contribution < -0.4 is 15.8 Å². The Morgan fingerprint density at radius 1 is 1.14 bits per heavy atom. The molecule has 1 saturated heterocycles. The zero-order chi connectivity index (χ0) is 19.9. The Hall–Kier alpha value is -2.86. The number of aryl methyl sites for hydroxylation is 1. The molecular formula is C22H26N2O4. The third-order valence-corrected chi connectivity index (χ3v) is 4.87. The first kappa shape index (κ1) is 19.9. The van der Waals surface area contributed by atoms with Gasteiger partial charge in [0.05, 0.1) is 6.10 Å². The second-order valence-corrected chi connectivity index (χ2v) is 7.09. The molecule has 0 radical (unpaired) electrons. The monoisotopic (exact) mass is 382 g/mol. The number of primary amides is 1. The second kappa shape index (κ2) is 9.37. The van der Waals surface area contributed by atoms with Gasteiger partial charge in [-0.1, -0.05) is 29.8 Å². The number of ether oxygens (including phenoxy) is 2. The van der Waals surface area contributed by atoms with Crippen molar-refractivity contribution in [3.63, 3.8) is 0 Å². The van der Waals surface area contributed by atoms with Gasteiger partial charge < -0.3 is 20.5 Å². The molecule has 28 heavy (non-hydrogen) atoms. The number of nitrogens with two attached hydrogens (primary N) is 1. The first-order valence-electron chi connectivity index (χ1n) is 9.50. The van der Waals surface area contributed by atoms with Crippen molar-refractivity contribution in [1.29, 1.82) is 0 Å². The number of carbonyl (C=O) groups excluding carboxylic acids is 2. The summed E-state index contributed by atoms with van der Waals surface area (Å²) in [6, 6.07) is 15.0. The van der Waals surface area contributed by atoms with Crippen LogP contribution in [0.4, 0.5) is 0 Å². The standard InChI is InChI=1S/C22H26N2O4/c1-15-4-6-16(7-5-15)21-18(3-2-12-27-21)13-24-22(26)17-8-10-19(11-9-17)28-14-20(23)25/h4-11,18,21H,2-3,12-14H2,1H3,(H2,23,25)(H,24,26). The van der Waals surface area contributed by atoms with E-state index in [-0.39, 0.29) is 24.5 Å². The fourth-order valence-corrected chi connectivity index (χ4v) is 3.36. The SMILES string of the molecule is Cc1ccc(C2OCCCC2CNC(=O)c2ccc(OCC(N)=O)cc2)cc1. The van der Waals surface area contributed by atoms with Crippen molar-refractivity contribution in [3.05, 3.63) is 65.2 Å². The smallest absolute Gasteiger partial charge is 0.255 e. The van der Waals surface area contributed by atoms with Gasteiger partial charge >= 0.3 is 0 Å². The van der Waals surface area contributed by atoms with Gasteiger partial charge in [0, 0.05) is 24.6 Å². The van der Waals surface area contributed by atoms with Crippen LogP contribution in [0.15, 0.2) is 48.5 Å². The summed E-state index contributed by atoms with van der Waals surface area (Å²) < 4.78 is 11.2. The topological polar surface area (TPSA) is 90.7 Å². The lowest BCUT2D eigenvalue weighted by Gasteiger charge is -2.32. The van der Waals surface area contributed by atoms with E-state index < -0.39 is 5.91 Å². The highest BCUT2D eigenvalue weighted by molar-refractivity contribution is 5.94. The van der Waals surface area contributed by atoms with E-state index in [2.05, 4.69) is 36.5 Å². The Kier molecular flexibility index (Phi) is 6.66. The Balaban J connectivity index is 1.57. The Labute approximate surface area is 165 Å². The third-order valence-electron chi connectivity index (χ3n) is 4.87. The Morgan fingerprint density at radius 3 is 2.54 bits per heavy atom. The minimum absolute atomic E-state index is 0.000717. The zero-order valence-electron chi connectivity index (χ0n) is 16.0. The molecule has 2 aromatic rings. The largest absolute Gasteiger partial charge is 0.484 e. The van der Waals surface area contributed by atoms with E-state index in [4.69, 9.17) is 15.2 Å². The minimum Gasteiger partial charge on any atom is -0.484 e. The number of hydrogen-bond acceptors (Lipinski definition) is 4. The summed E-state index contributed by atoms with van der Waals surface area (Å²) >= 11 is 0. The highest BCUT2D eigenvalue weighted by Gasteiger charge is 2.27.